The van der Waals surface area contributed by atoms with Gasteiger partial charge in [0.25, 0.3) is 0 Å². The minimum Gasteiger partial charge on any atom is -0.481 e. The molecular weight excluding hydrogens is 264 g/mol. The Bertz CT molecular complexity index is 618. The van der Waals surface area contributed by atoms with E-state index in [1.165, 1.54) is 0 Å². The first-order valence-electron chi connectivity index (χ1n) is 5.67. The van der Waals surface area contributed by atoms with Crippen LogP contribution in [0.1, 0.15) is 21.5 Å². The van der Waals surface area contributed by atoms with Gasteiger partial charge in [-0.1, -0.05) is 29.8 Å². The Hall–Kier alpha value is -2.13. The van der Waals surface area contributed by atoms with Gasteiger partial charge in [0.05, 0.1) is 6.42 Å². The van der Waals surface area contributed by atoms with Gasteiger partial charge in [0, 0.05) is 16.1 Å². The molecule has 0 heterocycles. The third-order valence-corrected chi connectivity index (χ3v) is 2.90. The fourth-order valence-electron chi connectivity index (χ4n) is 1.77. The van der Waals surface area contributed by atoms with Gasteiger partial charge in [0.2, 0.25) is 0 Å². The number of benzene rings is 2. The molecule has 0 aliphatic heterocycles. The number of hydrogen-bond acceptors (Lipinski definition) is 2. The Morgan fingerprint density at radius 2 is 1.68 bits per heavy atom. The maximum atomic E-state index is 12.2. The van der Waals surface area contributed by atoms with Crippen molar-refractivity contribution in [2.45, 2.75) is 6.42 Å². The molecule has 0 unspecified atom stereocenters. The summed E-state index contributed by atoms with van der Waals surface area (Å²) in [7, 11) is 0. The average molecular weight is 275 g/mol. The second kappa shape index (κ2) is 5.67. The molecule has 0 radical (unpaired) electrons. The molecule has 2 aromatic rings. The van der Waals surface area contributed by atoms with Gasteiger partial charge in [-0.2, -0.15) is 0 Å². The monoisotopic (exact) mass is 274 g/mol. The summed E-state index contributed by atoms with van der Waals surface area (Å²) in [5.41, 5.74) is 1.60. The molecule has 0 fully saturated rings. The van der Waals surface area contributed by atoms with Crippen molar-refractivity contribution in [1.82, 2.24) is 0 Å². The Balaban J connectivity index is 2.28. The lowest BCUT2D eigenvalue weighted by Gasteiger charge is -2.03. The smallest absolute Gasteiger partial charge is 0.307 e. The van der Waals surface area contributed by atoms with Crippen LogP contribution in [0.4, 0.5) is 0 Å². The standard InChI is InChI=1S/C15H11ClO3/c16-13-6-4-11(5-7-13)15(19)12-3-1-2-10(8-12)9-14(17)18/h1-8H,9H2,(H,17,18). The number of ketones is 1. The first-order valence-corrected chi connectivity index (χ1v) is 6.05. The Morgan fingerprint density at radius 1 is 1.00 bits per heavy atom. The molecule has 2 aromatic carbocycles. The van der Waals surface area contributed by atoms with E-state index in [0.29, 0.717) is 21.7 Å². The van der Waals surface area contributed by atoms with Crippen molar-refractivity contribution >= 4 is 23.4 Å². The quantitative estimate of drug-likeness (QED) is 0.871. The summed E-state index contributed by atoms with van der Waals surface area (Å²) >= 11 is 5.77. The maximum absolute atomic E-state index is 12.2. The summed E-state index contributed by atoms with van der Waals surface area (Å²) in [5.74, 6) is -1.07. The zero-order valence-electron chi connectivity index (χ0n) is 9.97. The summed E-state index contributed by atoms with van der Waals surface area (Å²) in [4.78, 5) is 22.9. The first kappa shape index (κ1) is 13.3. The number of aliphatic carboxylic acids is 1. The van der Waals surface area contributed by atoms with Gasteiger partial charge in [-0.05, 0) is 35.9 Å². The molecule has 0 aromatic heterocycles. The molecule has 0 bridgehead atoms. The van der Waals surface area contributed by atoms with E-state index in [1.807, 2.05) is 0 Å². The minimum absolute atomic E-state index is 0.0955. The van der Waals surface area contributed by atoms with E-state index in [2.05, 4.69) is 0 Å². The van der Waals surface area contributed by atoms with Crippen LogP contribution in [-0.4, -0.2) is 16.9 Å². The topological polar surface area (TPSA) is 54.4 Å². The van der Waals surface area contributed by atoms with E-state index in [0.717, 1.165) is 0 Å². The molecule has 0 aliphatic rings. The zero-order valence-corrected chi connectivity index (χ0v) is 10.7. The van der Waals surface area contributed by atoms with Crippen molar-refractivity contribution in [3.8, 4) is 0 Å². The van der Waals surface area contributed by atoms with Crippen LogP contribution >= 0.6 is 11.6 Å². The molecule has 19 heavy (non-hydrogen) atoms. The van der Waals surface area contributed by atoms with Crippen LogP contribution in [0.15, 0.2) is 48.5 Å². The molecule has 3 nitrogen and oxygen atoms in total. The number of carboxylic acid groups (broad SMARTS) is 1. The van der Waals surface area contributed by atoms with Gasteiger partial charge in [-0.25, -0.2) is 0 Å². The minimum atomic E-state index is -0.920. The molecule has 0 saturated heterocycles. The lowest BCUT2D eigenvalue weighted by Crippen LogP contribution is -2.04. The van der Waals surface area contributed by atoms with E-state index in [4.69, 9.17) is 16.7 Å². The van der Waals surface area contributed by atoms with Crippen LogP contribution in [-0.2, 0) is 11.2 Å². The van der Waals surface area contributed by atoms with E-state index in [9.17, 15) is 9.59 Å². The fraction of sp³-hybridized carbons (Fsp3) is 0.0667. The third kappa shape index (κ3) is 3.42. The van der Waals surface area contributed by atoms with Crippen molar-refractivity contribution in [3.63, 3.8) is 0 Å². The Labute approximate surface area is 115 Å². The molecule has 0 amide bonds. The molecule has 0 atom stereocenters. The van der Waals surface area contributed by atoms with Crippen LogP contribution in [0.25, 0.3) is 0 Å². The van der Waals surface area contributed by atoms with Gasteiger partial charge >= 0.3 is 5.97 Å². The molecule has 0 spiro atoms. The zero-order chi connectivity index (χ0) is 13.8. The van der Waals surface area contributed by atoms with Crippen LogP contribution in [0, 0.1) is 0 Å². The van der Waals surface area contributed by atoms with Gasteiger partial charge in [0.15, 0.2) is 5.78 Å². The highest BCUT2D eigenvalue weighted by Crippen LogP contribution is 2.15. The molecular formula is C15H11ClO3. The van der Waals surface area contributed by atoms with Crippen molar-refractivity contribution in [2.75, 3.05) is 0 Å². The highest BCUT2D eigenvalue weighted by molar-refractivity contribution is 6.30. The predicted octanol–water partition coefficient (Wildman–Crippen LogP) is 3.20. The number of carboxylic acids is 1. The SMILES string of the molecule is O=C(O)Cc1cccc(C(=O)c2ccc(Cl)cc2)c1. The van der Waals surface area contributed by atoms with Gasteiger partial charge in [0.1, 0.15) is 0 Å². The second-order valence-electron chi connectivity index (χ2n) is 4.11. The summed E-state index contributed by atoms with van der Waals surface area (Å²) in [6.07, 6.45) is -0.0955. The Morgan fingerprint density at radius 3 is 2.32 bits per heavy atom. The second-order valence-corrected chi connectivity index (χ2v) is 4.54. The number of hydrogen-bond donors (Lipinski definition) is 1. The Kier molecular flexibility index (Phi) is 3.97. The van der Waals surface area contributed by atoms with Crippen LogP contribution in [0.5, 0.6) is 0 Å². The van der Waals surface area contributed by atoms with Crippen molar-refractivity contribution < 1.29 is 14.7 Å². The molecule has 0 aliphatic carbocycles. The number of carbonyl (C=O) groups is 2. The third-order valence-electron chi connectivity index (χ3n) is 2.65. The van der Waals surface area contributed by atoms with Gasteiger partial charge < -0.3 is 5.11 Å². The summed E-state index contributed by atoms with van der Waals surface area (Å²) < 4.78 is 0. The first-order chi connectivity index (χ1) is 9.06. The molecule has 1 N–H and O–H groups in total. The summed E-state index contributed by atoms with van der Waals surface area (Å²) in [6, 6.07) is 13.2. The van der Waals surface area contributed by atoms with Crippen molar-refractivity contribution in [3.05, 3.63) is 70.2 Å². The van der Waals surface area contributed by atoms with Crippen LogP contribution in [0.2, 0.25) is 5.02 Å². The van der Waals surface area contributed by atoms with E-state index >= 15 is 0 Å². The van der Waals surface area contributed by atoms with Gasteiger partial charge in [-0.15, -0.1) is 0 Å². The lowest BCUT2D eigenvalue weighted by atomic mass is 10.0. The normalized spacial score (nSPS) is 10.2. The van der Waals surface area contributed by atoms with Crippen LogP contribution < -0.4 is 0 Å². The summed E-state index contributed by atoms with van der Waals surface area (Å²) in [6.45, 7) is 0. The number of carbonyl (C=O) groups excluding carboxylic acids is 1. The molecule has 0 saturated carbocycles. The summed E-state index contributed by atoms with van der Waals surface area (Å²) in [5, 5.41) is 9.31. The van der Waals surface area contributed by atoms with E-state index in [1.54, 1.807) is 48.5 Å². The predicted molar refractivity (Wildman–Crippen MR) is 72.7 cm³/mol. The highest BCUT2D eigenvalue weighted by atomic mass is 35.5. The highest BCUT2D eigenvalue weighted by Gasteiger charge is 2.10. The average Bonchev–Trinajstić information content (AvgIpc) is 2.38. The van der Waals surface area contributed by atoms with Gasteiger partial charge in [-0.3, -0.25) is 9.59 Å². The van der Waals surface area contributed by atoms with Crippen molar-refractivity contribution in [1.29, 1.82) is 0 Å². The molecule has 96 valence electrons. The maximum Gasteiger partial charge on any atom is 0.307 e. The fourth-order valence-corrected chi connectivity index (χ4v) is 1.89. The number of rotatable bonds is 4. The largest absolute Gasteiger partial charge is 0.481 e. The molecule has 4 heteroatoms. The van der Waals surface area contributed by atoms with E-state index in [-0.39, 0.29) is 12.2 Å². The van der Waals surface area contributed by atoms with Crippen LogP contribution in [0.3, 0.4) is 0 Å². The lowest BCUT2D eigenvalue weighted by molar-refractivity contribution is -0.136. The molecule has 2 rings (SSSR count). The van der Waals surface area contributed by atoms with Crippen molar-refractivity contribution in [2.24, 2.45) is 0 Å². The number of halogens is 1. The van der Waals surface area contributed by atoms with E-state index < -0.39 is 5.97 Å².